The Labute approximate surface area is 206 Å². The summed E-state index contributed by atoms with van der Waals surface area (Å²) in [7, 11) is 0. The van der Waals surface area contributed by atoms with E-state index in [2.05, 4.69) is 69.3 Å². The minimum absolute atomic E-state index is 0.331. The van der Waals surface area contributed by atoms with Crippen molar-refractivity contribution in [2.45, 2.75) is 20.8 Å². The van der Waals surface area contributed by atoms with Crippen molar-refractivity contribution >= 4 is 24.1 Å². The number of carboxylic acids is 2. The SMILES string of the molecule is Cc1cc(C)c(C=Cc2ccccc2)c(C)c1.O=C(O)c1ccccc1.O=C(O)c1ccccc1. The fourth-order valence-corrected chi connectivity index (χ4v) is 3.36. The molecule has 4 nitrogen and oxygen atoms in total. The lowest BCUT2D eigenvalue weighted by Crippen LogP contribution is -1.93. The van der Waals surface area contributed by atoms with E-state index in [1.165, 1.54) is 27.8 Å². The van der Waals surface area contributed by atoms with Gasteiger partial charge in [0.15, 0.2) is 0 Å². The molecule has 0 aromatic heterocycles. The van der Waals surface area contributed by atoms with Gasteiger partial charge in [-0.3, -0.25) is 0 Å². The van der Waals surface area contributed by atoms with Crippen LogP contribution in [0.2, 0.25) is 0 Å². The highest BCUT2D eigenvalue weighted by atomic mass is 16.4. The zero-order chi connectivity index (χ0) is 25.6. The molecular weight excluding hydrogens is 436 g/mol. The summed E-state index contributed by atoms with van der Waals surface area (Å²) in [4.78, 5) is 20.4. The number of hydrogen-bond acceptors (Lipinski definition) is 2. The Kier molecular flexibility index (Phi) is 10.7. The number of carbonyl (C=O) groups is 2. The van der Waals surface area contributed by atoms with Gasteiger partial charge in [0, 0.05) is 0 Å². The molecule has 35 heavy (non-hydrogen) atoms. The van der Waals surface area contributed by atoms with Gasteiger partial charge in [0.1, 0.15) is 0 Å². The summed E-state index contributed by atoms with van der Waals surface area (Å²) in [6, 6.07) is 31.5. The zero-order valence-corrected chi connectivity index (χ0v) is 20.2. The topological polar surface area (TPSA) is 74.6 Å². The molecule has 0 fully saturated rings. The molecule has 4 heteroatoms. The van der Waals surface area contributed by atoms with E-state index in [1.807, 2.05) is 6.07 Å². The lowest BCUT2D eigenvalue weighted by molar-refractivity contribution is 0.0686. The summed E-state index contributed by atoms with van der Waals surface area (Å²) in [5.41, 5.74) is 7.25. The first-order valence-electron chi connectivity index (χ1n) is 11.2. The van der Waals surface area contributed by atoms with Gasteiger partial charge in [-0.1, -0.05) is 96.6 Å². The Morgan fingerprint density at radius 1 is 0.571 bits per heavy atom. The number of rotatable bonds is 4. The highest BCUT2D eigenvalue weighted by Gasteiger charge is 2.00. The molecule has 0 aliphatic carbocycles. The van der Waals surface area contributed by atoms with Gasteiger partial charge < -0.3 is 10.2 Å². The molecule has 0 spiro atoms. The predicted molar refractivity (Wildman–Crippen MR) is 143 cm³/mol. The first-order valence-corrected chi connectivity index (χ1v) is 11.2. The summed E-state index contributed by atoms with van der Waals surface area (Å²) in [5.74, 6) is -1.76. The van der Waals surface area contributed by atoms with Crippen LogP contribution in [-0.4, -0.2) is 22.2 Å². The van der Waals surface area contributed by atoms with Gasteiger partial charge in [0.2, 0.25) is 0 Å². The number of aromatic carboxylic acids is 2. The van der Waals surface area contributed by atoms with Crippen molar-refractivity contribution in [2.75, 3.05) is 0 Å². The summed E-state index contributed by atoms with van der Waals surface area (Å²) in [6.45, 7) is 6.49. The third kappa shape index (κ3) is 9.52. The molecule has 0 aliphatic heterocycles. The van der Waals surface area contributed by atoms with Crippen LogP contribution in [0.1, 0.15) is 48.5 Å². The third-order valence-corrected chi connectivity index (χ3v) is 5.02. The molecular formula is C31H30O4. The molecule has 0 aliphatic rings. The molecule has 0 amide bonds. The zero-order valence-electron chi connectivity index (χ0n) is 20.2. The van der Waals surface area contributed by atoms with Crippen LogP contribution in [0.5, 0.6) is 0 Å². The number of benzene rings is 4. The van der Waals surface area contributed by atoms with Crippen LogP contribution in [0.25, 0.3) is 12.2 Å². The van der Waals surface area contributed by atoms with Gasteiger partial charge in [-0.15, -0.1) is 0 Å². The maximum absolute atomic E-state index is 10.2. The fraction of sp³-hybridized carbons (Fsp3) is 0.0968. The molecule has 0 unspecified atom stereocenters. The second-order valence-corrected chi connectivity index (χ2v) is 7.90. The maximum atomic E-state index is 10.2. The molecule has 0 heterocycles. The average Bonchev–Trinajstić information content (AvgIpc) is 2.86. The van der Waals surface area contributed by atoms with E-state index in [-0.39, 0.29) is 0 Å². The fourth-order valence-electron chi connectivity index (χ4n) is 3.36. The Morgan fingerprint density at radius 3 is 1.29 bits per heavy atom. The van der Waals surface area contributed by atoms with E-state index in [1.54, 1.807) is 60.7 Å². The van der Waals surface area contributed by atoms with E-state index >= 15 is 0 Å². The van der Waals surface area contributed by atoms with Gasteiger partial charge in [-0.2, -0.15) is 0 Å². The Bertz CT molecular complexity index is 1170. The van der Waals surface area contributed by atoms with Crippen molar-refractivity contribution in [1.29, 1.82) is 0 Å². The summed E-state index contributed by atoms with van der Waals surface area (Å²) in [5, 5.41) is 16.8. The van der Waals surface area contributed by atoms with E-state index in [9.17, 15) is 9.59 Å². The van der Waals surface area contributed by atoms with Gasteiger partial charge >= 0.3 is 11.9 Å². The largest absolute Gasteiger partial charge is 0.478 e. The van der Waals surface area contributed by atoms with Crippen LogP contribution >= 0.6 is 0 Å². The highest BCUT2D eigenvalue weighted by molar-refractivity contribution is 5.87. The molecule has 4 rings (SSSR count). The number of carboxylic acid groups (broad SMARTS) is 2. The van der Waals surface area contributed by atoms with Crippen molar-refractivity contribution in [2.24, 2.45) is 0 Å². The molecule has 0 saturated heterocycles. The van der Waals surface area contributed by atoms with Crippen LogP contribution in [0.15, 0.2) is 103 Å². The minimum Gasteiger partial charge on any atom is -0.478 e. The maximum Gasteiger partial charge on any atom is 0.335 e. The highest BCUT2D eigenvalue weighted by Crippen LogP contribution is 2.19. The van der Waals surface area contributed by atoms with Crippen molar-refractivity contribution in [1.82, 2.24) is 0 Å². The van der Waals surface area contributed by atoms with Gasteiger partial charge in [0.25, 0.3) is 0 Å². The first-order chi connectivity index (χ1) is 16.8. The summed E-state index contributed by atoms with van der Waals surface area (Å²) in [6.07, 6.45) is 4.38. The van der Waals surface area contributed by atoms with E-state index in [0.717, 1.165) is 0 Å². The van der Waals surface area contributed by atoms with Gasteiger partial charge in [-0.25, -0.2) is 9.59 Å². The quantitative estimate of drug-likeness (QED) is 0.304. The molecule has 0 atom stereocenters. The minimum atomic E-state index is -0.879. The summed E-state index contributed by atoms with van der Waals surface area (Å²) < 4.78 is 0. The first kappa shape index (κ1) is 26.8. The average molecular weight is 467 g/mol. The predicted octanol–water partition coefficient (Wildman–Crippen LogP) is 7.55. The van der Waals surface area contributed by atoms with E-state index in [0.29, 0.717) is 11.1 Å². The normalized spacial score (nSPS) is 9.91. The second kappa shape index (κ2) is 14.0. The molecule has 178 valence electrons. The Hall–Kier alpha value is -4.44. The van der Waals surface area contributed by atoms with Crippen LogP contribution in [0.4, 0.5) is 0 Å². The van der Waals surface area contributed by atoms with Gasteiger partial charge in [-0.05, 0) is 67.3 Å². The molecule has 0 bridgehead atoms. The Morgan fingerprint density at radius 2 is 0.943 bits per heavy atom. The van der Waals surface area contributed by atoms with Crippen LogP contribution in [-0.2, 0) is 0 Å². The van der Waals surface area contributed by atoms with Gasteiger partial charge in [0.05, 0.1) is 11.1 Å². The lowest BCUT2D eigenvalue weighted by atomic mass is 9.99. The third-order valence-electron chi connectivity index (χ3n) is 5.02. The number of hydrogen-bond donors (Lipinski definition) is 2. The van der Waals surface area contributed by atoms with Crippen LogP contribution < -0.4 is 0 Å². The monoisotopic (exact) mass is 466 g/mol. The van der Waals surface area contributed by atoms with E-state index in [4.69, 9.17) is 10.2 Å². The molecule has 4 aromatic rings. The smallest absolute Gasteiger partial charge is 0.335 e. The number of aryl methyl sites for hydroxylation is 3. The molecule has 4 aromatic carbocycles. The molecule has 0 saturated carbocycles. The molecule has 0 radical (unpaired) electrons. The van der Waals surface area contributed by atoms with Crippen molar-refractivity contribution in [3.05, 3.63) is 142 Å². The summed E-state index contributed by atoms with van der Waals surface area (Å²) >= 11 is 0. The van der Waals surface area contributed by atoms with E-state index < -0.39 is 11.9 Å². The second-order valence-electron chi connectivity index (χ2n) is 7.90. The Balaban J connectivity index is 0.000000203. The van der Waals surface area contributed by atoms with Crippen molar-refractivity contribution in [3.8, 4) is 0 Å². The standard InChI is InChI=1S/C17H18.2C7H6O2/c1-13-11-14(2)17(15(3)12-13)10-9-16-7-5-4-6-8-16;2*8-7(9)6-4-2-1-3-5-6/h4-12H,1-3H3;2*1-5H,(H,8,9). The lowest BCUT2D eigenvalue weighted by Gasteiger charge is -2.07. The van der Waals surface area contributed by atoms with Crippen molar-refractivity contribution in [3.63, 3.8) is 0 Å². The van der Waals surface area contributed by atoms with Crippen LogP contribution in [0.3, 0.4) is 0 Å². The molecule has 2 N–H and O–H groups in total. The van der Waals surface area contributed by atoms with Crippen molar-refractivity contribution < 1.29 is 19.8 Å². The van der Waals surface area contributed by atoms with Crippen LogP contribution in [0, 0.1) is 20.8 Å².